The van der Waals surface area contributed by atoms with Crippen LogP contribution in [-0.2, 0) is 9.59 Å². The number of carbonyl (C=O) groups excluding carboxylic acids is 3. The molecule has 0 aliphatic rings. The molecule has 0 saturated heterocycles. The number of ether oxygens (including phenoxy) is 1. The van der Waals surface area contributed by atoms with Gasteiger partial charge in [0.2, 0.25) is 0 Å². The number of benzene rings is 2. The number of carbonyl (C=O) groups is 3. The molecule has 2 rings (SSSR count). The van der Waals surface area contributed by atoms with E-state index in [4.69, 9.17) is 10.5 Å². The van der Waals surface area contributed by atoms with Gasteiger partial charge < -0.3 is 15.8 Å². The maximum atomic E-state index is 12.4. The number of rotatable bonds is 7. The lowest BCUT2D eigenvalue weighted by Crippen LogP contribution is -2.19. The van der Waals surface area contributed by atoms with E-state index in [0.29, 0.717) is 22.6 Å². The monoisotopic (exact) mass is 363 g/mol. The number of anilines is 1. The highest BCUT2D eigenvalue weighted by Gasteiger charge is 2.13. The normalized spacial score (nSPS) is 10.6. The molecule has 0 saturated carbocycles. The second kappa shape index (κ2) is 8.97. The van der Waals surface area contributed by atoms with Gasteiger partial charge >= 0.3 is 0 Å². The maximum Gasteiger partial charge on any atom is 0.266 e. The van der Waals surface area contributed by atoms with Crippen molar-refractivity contribution < 1.29 is 19.1 Å². The maximum absolute atomic E-state index is 12.4. The number of para-hydroxylation sites is 1. The molecule has 3 N–H and O–H groups in total. The van der Waals surface area contributed by atoms with Crippen molar-refractivity contribution in [2.24, 2.45) is 5.73 Å². The van der Waals surface area contributed by atoms with E-state index in [1.807, 2.05) is 6.07 Å². The highest BCUT2D eigenvalue weighted by atomic mass is 16.5. The van der Waals surface area contributed by atoms with Crippen LogP contribution in [0.5, 0.6) is 5.75 Å². The van der Waals surface area contributed by atoms with Gasteiger partial charge in [-0.3, -0.25) is 14.4 Å². The zero-order valence-electron chi connectivity index (χ0n) is 14.6. The summed E-state index contributed by atoms with van der Waals surface area (Å²) >= 11 is 0. The first kappa shape index (κ1) is 19.4. The van der Waals surface area contributed by atoms with E-state index in [2.05, 4.69) is 5.32 Å². The Kier molecular flexibility index (Phi) is 6.44. The third-order valence-corrected chi connectivity index (χ3v) is 3.49. The summed E-state index contributed by atoms with van der Waals surface area (Å²) in [6.07, 6.45) is 1.41. The van der Waals surface area contributed by atoms with E-state index in [1.54, 1.807) is 48.5 Å². The largest absolute Gasteiger partial charge is 0.484 e. The molecule has 0 spiro atoms. The Morgan fingerprint density at radius 2 is 1.81 bits per heavy atom. The van der Waals surface area contributed by atoms with Gasteiger partial charge in [0.25, 0.3) is 11.8 Å². The van der Waals surface area contributed by atoms with Crippen LogP contribution in [0.4, 0.5) is 5.69 Å². The van der Waals surface area contributed by atoms with Crippen LogP contribution in [0.1, 0.15) is 22.8 Å². The van der Waals surface area contributed by atoms with Crippen LogP contribution in [0.2, 0.25) is 0 Å². The minimum atomic E-state index is -0.625. The van der Waals surface area contributed by atoms with Crippen molar-refractivity contribution >= 4 is 29.4 Å². The predicted octanol–water partition coefficient (Wildman–Crippen LogP) is 2.30. The van der Waals surface area contributed by atoms with Crippen LogP contribution in [0.3, 0.4) is 0 Å². The average molecular weight is 363 g/mol. The summed E-state index contributed by atoms with van der Waals surface area (Å²) in [6.45, 7) is 1.16. The van der Waals surface area contributed by atoms with E-state index >= 15 is 0 Å². The molecular formula is C20H17N3O4. The lowest BCUT2D eigenvalue weighted by molar-refractivity contribution is -0.120. The standard InChI is InChI=1S/C20H17N3O4/c1-13(24)17-4-2-3-5-18(17)23-20(26)15(11-21)10-14-6-8-16(9-7-14)27-12-19(22)25/h2-10H,12H2,1H3,(H2,22,25)(H,23,26)/b15-10-. The van der Waals surface area contributed by atoms with E-state index in [9.17, 15) is 19.6 Å². The highest BCUT2D eigenvalue weighted by Crippen LogP contribution is 2.18. The molecule has 0 aliphatic carbocycles. The molecule has 27 heavy (non-hydrogen) atoms. The van der Waals surface area contributed by atoms with Crippen LogP contribution in [0, 0.1) is 11.3 Å². The highest BCUT2D eigenvalue weighted by molar-refractivity contribution is 6.12. The van der Waals surface area contributed by atoms with Crippen molar-refractivity contribution in [1.82, 2.24) is 0 Å². The number of nitriles is 1. The number of Topliss-reactive ketones (excluding diaryl/α,β-unsaturated/α-hetero) is 1. The van der Waals surface area contributed by atoms with Gasteiger partial charge in [0.1, 0.15) is 17.4 Å². The van der Waals surface area contributed by atoms with E-state index < -0.39 is 11.8 Å². The molecule has 7 nitrogen and oxygen atoms in total. The number of nitrogens with one attached hydrogen (secondary N) is 1. The van der Waals surface area contributed by atoms with Gasteiger partial charge in [-0.25, -0.2) is 0 Å². The minimum absolute atomic E-state index is 0.126. The molecule has 2 amide bonds. The molecule has 0 heterocycles. The zero-order valence-corrected chi connectivity index (χ0v) is 14.6. The van der Waals surface area contributed by atoms with Crippen LogP contribution in [-0.4, -0.2) is 24.2 Å². The smallest absolute Gasteiger partial charge is 0.266 e. The molecule has 0 aromatic heterocycles. The Balaban J connectivity index is 2.16. The van der Waals surface area contributed by atoms with Crippen LogP contribution < -0.4 is 15.8 Å². The zero-order chi connectivity index (χ0) is 19.8. The summed E-state index contributed by atoms with van der Waals surface area (Å²) in [7, 11) is 0. The molecule has 0 aliphatic heterocycles. The summed E-state index contributed by atoms with van der Waals surface area (Å²) in [6, 6.07) is 14.8. The quantitative estimate of drug-likeness (QED) is 0.444. The fourth-order valence-electron chi connectivity index (χ4n) is 2.22. The fraction of sp³-hybridized carbons (Fsp3) is 0.100. The first-order valence-electron chi connectivity index (χ1n) is 7.95. The third kappa shape index (κ3) is 5.54. The van der Waals surface area contributed by atoms with Gasteiger partial charge in [-0.2, -0.15) is 5.26 Å². The van der Waals surface area contributed by atoms with Gasteiger partial charge in [0.15, 0.2) is 12.4 Å². The summed E-state index contributed by atoms with van der Waals surface area (Å²) < 4.78 is 5.14. The lowest BCUT2D eigenvalue weighted by atomic mass is 10.1. The molecule has 7 heteroatoms. The molecule has 2 aromatic rings. The number of hydrogen-bond acceptors (Lipinski definition) is 5. The van der Waals surface area contributed by atoms with Crippen molar-refractivity contribution in [3.05, 3.63) is 65.2 Å². The summed E-state index contributed by atoms with van der Waals surface area (Å²) in [5.74, 6) is -0.974. The molecule has 0 unspecified atom stereocenters. The molecule has 0 radical (unpaired) electrons. The first-order chi connectivity index (χ1) is 12.9. The Morgan fingerprint density at radius 1 is 1.15 bits per heavy atom. The fourth-order valence-corrected chi connectivity index (χ4v) is 2.22. The average Bonchev–Trinajstić information content (AvgIpc) is 2.65. The van der Waals surface area contributed by atoms with Gasteiger partial charge in [0, 0.05) is 5.56 Å². The van der Waals surface area contributed by atoms with Gasteiger partial charge in [0.05, 0.1) is 5.69 Å². The van der Waals surface area contributed by atoms with E-state index in [-0.39, 0.29) is 18.0 Å². The number of primary amides is 1. The molecular weight excluding hydrogens is 346 g/mol. The lowest BCUT2D eigenvalue weighted by Gasteiger charge is -2.08. The first-order valence-corrected chi connectivity index (χ1v) is 7.95. The van der Waals surface area contributed by atoms with Gasteiger partial charge in [-0.05, 0) is 42.8 Å². The molecule has 136 valence electrons. The molecule has 0 fully saturated rings. The van der Waals surface area contributed by atoms with Crippen molar-refractivity contribution in [3.8, 4) is 11.8 Å². The number of nitrogens with zero attached hydrogens (tertiary/aromatic N) is 1. The van der Waals surface area contributed by atoms with Crippen LogP contribution >= 0.6 is 0 Å². The topological polar surface area (TPSA) is 122 Å². The number of amides is 2. The summed E-state index contributed by atoms with van der Waals surface area (Å²) in [4.78, 5) is 34.7. The second-order valence-electron chi connectivity index (χ2n) is 5.55. The van der Waals surface area contributed by atoms with Crippen LogP contribution in [0.15, 0.2) is 54.1 Å². The SMILES string of the molecule is CC(=O)c1ccccc1NC(=O)/C(C#N)=C\c1ccc(OCC(N)=O)cc1. The van der Waals surface area contributed by atoms with Crippen molar-refractivity contribution in [3.63, 3.8) is 0 Å². The van der Waals surface area contributed by atoms with E-state index in [1.165, 1.54) is 13.0 Å². The van der Waals surface area contributed by atoms with Gasteiger partial charge in [-0.15, -0.1) is 0 Å². The Bertz CT molecular complexity index is 940. The third-order valence-electron chi connectivity index (χ3n) is 3.49. The van der Waals surface area contributed by atoms with Gasteiger partial charge in [-0.1, -0.05) is 24.3 Å². The minimum Gasteiger partial charge on any atom is -0.484 e. The molecule has 2 aromatic carbocycles. The molecule has 0 bridgehead atoms. The van der Waals surface area contributed by atoms with Crippen molar-refractivity contribution in [2.75, 3.05) is 11.9 Å². The Morgan fingerprint density at radius 3 is 2.41 bits per heavy atom. The van der Waals surface area contributed by atoms with Crippen molar-refractivity contribution in [1.29, 1.82) is 5.26 Å². The summed E-state index contributed by atoms with van der Waals surface area (Å²) in [5.41, 5.74) is 6.17. The number of ketones is 1. The number of hydrogen-bond donors (Lipinski definition) is 2. The molecule has 0 atom stereocenters. The second-order valence-corrected chi connectivity index (χ2v) is 5.55. The van der Waals surface area contributed by atoms with Crippen molar-refractivity contribution in [2.45, 2.75) is 6.92 Å². The van der Waals surface area contributed by atoms with E-state index in [0.717, 1.165) is 0 Å². The Labute approximate surface area is 156 Å². The van der Waals surface area contributed by atoms with Crippen LogP contribution in [0.25, 0.3) is 6.08 Å². The Hall–Kier alpha value is -3.92. The summed E-state index contributed by atoms with van der Waals surface area (Å²) in [5, 5.41) is 11.9. The number of nitrogens with two attached hydrogens (primary N) is 1. The predicted molar refractivity (Wildman–Crippen MR) is 99.8 cm³/mol.